The van der Waals surface area contributed by atoms with E-state index in [-0.39, 0.29) is 17.3 Å². The Morgan fingerprint density at radius 3 is 2.43 bits per heavy atom. The van der Waals surface area contributed by atoms with Crippen LogP contribution in [0.25, 0.3) is 0 Å². The molecular formula is C15H22N2O3S. The van der Waals surface area contributed by atoms with Crippen LogP contribution in [0.1, 0.15) is 32.8 Å². The summed E-state index contributed by atoms with van der Waals surface area (Å²) in [5.41, 5.74) is 0.0474. The van der Waals surface area contributed by atoms with Crippen molar-refractivity contribution in [3.63, 3.8) is 0 Å². The molecule has 1 heterocycles. The lowest BCUT2D eigenvalue weighted by Gasteiger charge is -2.39. The first-order valence-corrected chi connectivity index (χ1v) is 8.64. The van der Waals surface area contributed by atoms with Gasteiger partial charge in [0.05, 0.1) is 4.90 Å². The SMILES string of the molecule is CCCc1ccc(S(=O)(=O)N2CCNC(=O)C2(C)C)cc1. The molecule has 0 spiro atoms. The maximum absolute atomic E-state index is 12.8. The molecule has 1 aromatic rings. The number of aryl methyl sites for hydroxylation is 1. The van der Waals surface area contributed by atoms with Crippen LogP contribution >= 0.6 is 0 Å². The number of sulfonamides is 1. The van der Waals surface area contributed by atoms with E-state index in [0.29, 0.717) is 6.54 Å². The highest BCUT2D eigenvalue weighted by Gasteiger charge is 2.44. The van der Waals surface area contributed by atoms with Crippen LogP contribution in [0.15, 0.2) is 29.2 Å². The summed E-state index contributed by atoms with van der Waals surface area (Å²) in [4.78, 5) is 12.2. The third kappa shape index (κ3) is 2.96. The van der Waals surface area contributed by atoms with Crippen LogP contribution in [0.3, 0.4) is 0 Å². The molecular weight excluding hydrogens is 288 g/mol. The van der Waals surface area contributed by atoms with Crippen LogP contribution in [-0.4, -0.2) is 37.3 Å². The molecule has 0 atom stereocenters. The van der Waals surface area contributed by atoms with E-state index in [1.165, 1.54) is 4.31 Å². The summed E-state index contributed by atoms with van der Waals surface area (Å²) < 4.78 is 26.8. The van der Waals surface area contributed by atoms with Gasteiger partial charge in [0.25, 0.3) is 0 Å². The molecule has 0 radical (unpaired) electrons. The Balaban J connectivity index is 2.34. The number of amides is 1. The summed E-state index contributed by atoms with van der Waals surface area (Å²) in [5.74, 6) is -0.264. The predicted octanol–water partition coefficient (Wildman–Crippen LogP) is 1.54. The van der Waals surface area contributed by atoms with Crippen LogP contribution in [0.4, 0.5) is 0 Å². The summed E-state index contributed by atoms with van der Waals surface area (Å²) in [6.07, 6.45) is 1.95. The van der Waals surface area contributed by atoms with E-state index in [0.717, 1.165) is 18.4 Å². The van der Waals surface area contributed by atoms with Crippen LogP contribution in [-0.2, 0) is 21.2 Å². The van der Waals surface area contributed by atoms with Crippen molar-refractivity contribution in [2.24, 2.45) is 0 Å². The molecule has 1 fully saturated rings. The second-order valence-electron chi connectivity index (χ2n) is 5.79. The van der Waals surface area contributed by atoms with Crippen LogP contribution in [0.5, 0.6) is 0 Å². The Labute approximate surface area is 126 Å². The van der Waals surface area contributed by atoms with Gasteiger partial charge in [-0.2, -0.15) is 4.31 Å². The van der Waals surface area contributed by atoms with Crippen molar-refractivity contribution >= 4 is 15.9 Å². The van der Waals surface area contributed by atoms with E-state index in [9.17, 15) is 13.2 Å². The van der Waals surface area contributed by atoms with Gasteiger partial charge in [0.1, 0.15) is 5.54 Å². The van der Waals surface area contributed by atoms with Crippen molar-refractivity contribution in [2.75, 3.05) is 13.1 Å². The van der Waals surface area contributed by atoms with Gasteiger partial charge in [0.2, 0.25) is 15.9 Å². The molecule has 0 bridgehead atoms. The molecule has 0 aliphatic carbocycles. The van der Waals surface area contributed by atoms with Crippen molar-refractivity contribution in [1.29, 1.82) is 0 Å². The van der Waals surface area contributed by atoms with Crippen molar-refractivity contribution < 1.29 is 13.2 Å². The quantitative estimate of drug-likeness (QED) is 0.917. The number of nitrogens with one attached hydrogen (secondary N) is 1. The molecule has 1 aliphatic rings. The molecule has 5 nitrogen and oxygen atoms in total. The summed E-state index contributed by atoms with van der Waals surface area (Å²) in [6.45, 7) is 5.97. The minimum Gasteiger partial charge on any atom is -0.353 e. The molecule has 21 heavy (non-hydrogen) atoms. The minimum absolute atomic E-state index is 0.241. The summed E-state index contributed by atoms with van der Waals surface area (Å²) >= 11 is 0. The van der Waals surface area contributed by atoms with Crippen molar-refractivity contribution in [1.82, 2.24) is 9.62 Å². The fourth-order valence-corrected chi connectivity index (χ4v) is 4.29. The standard InChI is InChI=1S/C15H22N2O3S/c1-4-5-12-6-8-13(9-7-12)21(19,20)17-11-10-16-14(18)15(17,2)3/h6-9H,4-5,10-11H2,1-3H3,(H,16,18). The number of hydrogen-bond donors (Lipinski definition) is 1. The number of rotatable bonds is 4. The zero-order valence-corrected chi connectivity index (χ0v) is 13.5. The lowest BCUT2D eigenvalue weighted by atomic mass is 10.0. The van der Waals surface area contributed by atoms with E-state index in [1.54, 1.807) is 26.0 Å². The van der Waals surface area contributed by atoms with Gasteiger partial charge >= 0.3 is 0 Å². The summed E-state index contributed by atoms with van der Waals surface area (Å²) in [5, 5.41) is 2.71. The van der Waals surface area contributed by atoms with Gasteiger partial charge in [-0.3, -0.25) is 4.79 Å². The molecule has 2 rings (SSSR count). The fourth-order valence-electron chi connectivity index (χ4n) is 2.54. The lowest BCUT2D eigenvalue weighted by molar-refractivity contribution is -0.131. The molecule has 0 unspecified atom stereocenters. The molecule has 1 amide bonds. The van der Waals surface area contributed by atoms with Gasteiger partial charge in [-0.1, -0.05) is 25.5 Å². The molecule has 116 valence electrons. The molecule has 0 aromatic heterocycles. The highest BCUT2D eigenvalue weighted by Crippen LogP contribution is 2.26. The largest absolute Gasteiger partial charge is 0.353 e. The maximum atomic E-state index is 12.8. The van der Waals surface area contributed by atoms with Crippen molar-refractivity contribution in [3.8, 4) is 0 Å². The van der Waals surface area contributed by atoms with E-state index >= 15 is 0 Å². The smallest absolute Gasteiger partial charge is 0.244 e. The monoisotopic (exact) mass is 310 g/mol. The first-order chi connectivity index (χ1) is 9.80. The normalized spacial score (nSPS) is 19.3. The Morgan fingerprint density at radius 2 is 1.86 bits per heavy atom. The number of nitrogens with zero attached hydrogens (tertiary/aromatic N) is 1. The van der Waals surface area contributed by atoms with E-state index in [4.69, 9.17) is 0 Å². The Kier molecular flexibility index (Phi) is 4.39. The zero-order valence-electron chi connectivity index (χ0n) is 12.7. The predicted molar refractivity (Wildman–Crippen MR) is 81.4 cm³/mol. The number of piperazine rings is 1. The number of benzene rings is 1. The molecule has 1 aromatic carbocycles. The van der Waals surface area contributed by atoms with Gasteiger partial charge < -0.3 is 5.32 Å². The number of carbonyl (C=O) groups excluding carboxylic acids is 1. The summed E-state index contributed by atoms with van der Waals surface area (Å²) in [6, 6.07) is 6.94. The average Bonchev–Trinajstić information content (AvgIpc) is 2.42. The highest BCUT2D eigenvalue weighted by atomic mass is 32.2. The lowest BCUT2D eigenvalue weighted by Crippen LogP contribution is -2.63. The van der Waals surface area contributed by atoms with Gasteiger partial charge in [0, 0.05) is 13.1 Å². The third-order valence-electron chi connectivity index (χ3n) is 3.83. The van der Waals surface area contributed by atoms with Crippen LogP contribution in [0.2, 0.25) is 0 Å². The van der Waals surface area contributed by atoms with Gasteiger partial charge in [0.15, 0.2) is 0 Å². The Morgan fingerprint density at radius 1 is 1.24 bits per heavy atom. The van der Waals surface area contributed by atoms with Gasteiger partial charge in [-0.05, 0) is 38.0 Å². The Hall–Kier alpha value is -1.40. The van der Waals surface area contributed by atoms with E-state index < -0.39 is 15.6 Å². The first kappa shape index (κ1) is 16.0. The van der Waals surface area contributed by atoms with Gasteiger partial charge in [-0.25, -0.2) is 8.42 Å². The topological polar surface area (TPSA) is 66.5 Å². The number of hydrogen-bond acceptors (Lipinski definition) is 3. The maximum Gasteiger partial charge on any atom is 0.244 e. The second kappa shape index (κ2) is 5.77. The van der Waals surface area contributed by atoms with Crippen molar-refractivity contribution in [3.05, 3.63) is 29.8 Å². The fraction of sp³-hybridized carbons (Fsp3) is 0.533. The number of carbonyl (C=O) groups is 1. The molecule has 6 heteroatoms. The second-order valence-corrected chi connectivity index (χ2v) is 7.65. The molecule has 1 N–H and O–H groups in total. The molecule has 1 saturated heterocycles. The molecule has 0 saturated carbocycles. The zero-order chi connectivity index (χ0) is 15.7. The van der Waals surface area contributed by atoms with Crippen LogP contribution < -0.4 is 5.32 Å². The van der Waals surface area contributed by atoms with E-state index in [2.05, 4.69) is 12.2 Å². The first-order valence-electron chi connectivity index (χ1n) is 7.20. The average molecular weight is 310 g/mol. The van der Waals surface area contributed by atoms with Crippen molar-refractivity contribution in [2.45, 2.75) is 44.0 Å². The van der Waals surface area contributed by atoms with Gasteiger partial charge in [-0.15, -0.1) is 0 Å². The molecule has 1 aliphatic heterocycles. The summed E-state index contributed by atoms with van der Waals surface area (Å²) in [7, 11) is -3.66. The van der Waals surface area contributed by atoms with E-state index in [1.807, 2.05) is 12.1 Å². The highest BCUT2D eigenvalue weighted by molar-refractivity contribution is 7.89. The minimum atomic E-state index is -3.66. The Bertz CT molecular complexity index is 621. The third-order valence-corrected chi connectivity index (χ3v) is 5.92. The van der Waals surface area contributed by atoms with Crippen LogP contribution in [0, 0.1) is 0 Å².